The molecule has 1 heterocycles. The van der Waals surface area contributed by atoms with Crippen molar-refractivity contribution in [2.45, 2.75) is 19.3 Å². The molecule has 0 bridgehead atoms. The zero-order valence-electron chi connectivity index (χ0n) is 9.81. The Bertz CT molecular complexity index is 609. The first-order valence-electron chi connectivity index (χ1n) is 5.96. The van der Waals surface area contributed by atoms with Crippen LogP contribution in [0.4, 0.5) is 0 Å². The van der Waals surface area contributed by atoms with Crippen LogP contribution >= 0.6 is 0 Å². The van der Waals surface area contributed by atoms with E-state index in [-0.39, 0.29) is 11.6 Å². The fourth-order valence-corrected chi connectivity index (χ4v) is 2.41. The van der Waals surface area contributed by atoms with Crippen LogP contribution < -0.4 is 0 Å². The summed E-state index contributed by atoms with van der Waals surface area (Å²) in [6.45, 7) is 0. The Balaban J connectivity index is 2.06. The first-order chi connectivity index (χ1) is 8.75. The maximum atomic E-state index is 12.3. The van der Waals surface area contributed by atoms with Crippen molar-refractivity contribution < 1.29 is 14.0 Å². The van der Waals surface area contributed by atoms with E-state index in [9.17, 15) is 9.59 Å². The molecule has 2 aromatic rings. The monoisotopic (exact) mass is 240 g/mol. The fourth-order valence-electron chi connectivity index (χ4n) is 2.41. The van der Waals surface area contributed by atoms with E-state index in [1.165, 1.54) is 6.26 Å². The van der Waals surface area contributed by atoms with Gasteiger partial charge in [0.15, 0.2) is 5.76 Å². The summed E-state index contributed by atoms with van der Waals surface area (Å²) in [4.78, 5) is 23.7. The predicted octanol–water partition coefficient (Wildman–Crippen LogP) is 2.57. The summed E-state index contributed by atoms with van der Waals surface area (Å²) >= 11 is 0. The van der Waals surface area contributed by atoms with Crippen molar-refractivity contribution in [2.75, 3.05) is 0 Å². The molecular weight excluding hydrogens is 228 g/mol. The molecule has 0 atom stereocenters. The lowest BCUT2D eigenvalue weighted by atomic mass is 9.86. The summed E-state index contributed by atoms with van der Waals surface area (Å²) in [5.41, 5.74) is 2.64. The smallest absolute Gasteiger partial charge is 0.228 e. The Kier molecular flexibility index (Phi) is 2.59. The number of Topliss-reactive ketones (excluding diaryl/α,β-unsaturated/α-hetero) is 1. The molecule has 1 aromatic heterocycles. The Morgan fingerprint density at radius 3 is 2.78 bits per heavy atom. The molecule has 0 fully saturated rings. The van der Waals surface area contributed by atoms with Gasteiger partial charge in [0.05, 0.1) is 6.26 Å². The second kappa shape index (κ2) is 4.26. The molecule has 3 rings (SSSR count). The Hall–Kier alpha value is -2.16. The average Bonchev–Trinajstić information content (AvgIpc) is 2.90. The molecule has 90 valence electrons. The van der Waals surface area contributed by atoms with Crippen LogP contribution in [-0.2, 0) is 17.6 Å². The highest BCUT2D eigenvalue weighted by atomic mass is 16.3. The van der Waals surface area contributed by atoms with Crippen LogP contribution in [0.2, 0.25) is 0 Å². The first-order valence-corrected chi connectivity index (χ1v) is 5.96. The fraction of sp³-hybridized carbons (Fsp3) is 0.200. The molecule has 18 heavy (non-hydrogen) atoms. The van der Waals surface area contributed by atoms with Crippen molar-refractivity contribution in [1.29, 1.82) is 0 Å². The van der Waals surface area contributed by atoms with E-state index >= 15 is 0 Å². The van der Waals surface area contributed by atoms with Crippen molar-refractivity contribution in [1.82, 2.24) is 0 Å². The van der Waals surface area contributed by atoms with Gasteiger partial charge in [-0.3, -0.25) is 9.59 Å². The van der Waals surface area contributed by atoms with Gasteiger partial charge in [0.25, 0.3) is 0 Å². The minimum atomic E-state index is -0.105. The van der Waals surface area contributed by atoms with Crippen molar-refractivity contribution in [3.05, 3.63) is 59.0 Å². The van der Waals surface area contributed by atoms with E-state index in [0.717, 1.165) is 11.1 Å². The highest BCUT2D eigenvalue weighted by Crippen LogP contribution is 2.25. The Morgan fingerprint density at radius 2 is 2.00 bits per heavy atom. The lowest BCUT2D eigenvalue weighted by Crippen LogP contribution is -2.17. The molecule has 0 saturated heterocycles. The lowest BCUT2D eigenvalue weighted by molar-refractivity contribution is -0.118. The normalized spacial score (nSPS) is 14.3. The number of fused-ring (bicyclic) bond motifs is 1. The maximum absolute atomic E-state index is 12.3. The number of furan rings is 1. The van der Waals surface area contributed by atoms with E-state index in [2.05, 4.69) is 0 Å². The molecule has 3 nitrogen and oxygen atoms in total. The standard InChI is InChI=1S/C15H12O3/c16-11-6-7-12-10(9-11)3-1-4-13(12)15(17)14-5-2-8-18-14/h1-5,8H,6-7,9H2. The number of rotatable bonds is 2. The quantitative estimate of drug-likeness (QED) is 0.758. The van der Waals surface area contributed by atoms with Crippen LogP contribution in [0.1, 0.15) is 33.7 Å². The first kappa shape index (κ1) is 11.0. The summed E-state index contributed by atoms with van der Waals surface area (Å²) in [5, 5.41) is 0. The SMILES string of the molecule is O=C1CCc2c(cccc2C(=O)c2ccco2)C1. The van der Waals surface area contributed by atoms with E-state index in [1.807, 2.05) is 12.1 Å². The summed E-state index contributed by atoms with van der Waals surface area (Å²) in [5.74, 6) is 0.483. The highest BCUT2D eigenvalue weighted by Gasteiger charge is 2.22. The third-order valence-electron chi connectivity index (χ3n) is 3.30. The van der Waals surface area contributed by atoms with Crippen molar-refractivity contribution >= 4 is 11.6 Å². The van der Waals surface area contributed by atoms with E-state index < -0.39 is 0 Å². The van der Waals surface area contributed by atoms with Gasteiger partial charge in [-0.15, -0.1) is 0 Å². The van der Waals surface area contributed by atoms with Crippen LogP contribution in [0, 0.1) is 0 Å². The molecule has 3 heteroatoms. The third-order valence-corrected chi connectivity index (χ3v) is 3.30. The van der Waals surface area contributed by atoms with Crippen LogP contribution in [0.25, 0.3) is 0 Å². The van der Waals surface area contributed by atoms with Gasteiger partial charge in [-0.05, 0) is 29.7 Å². The minimum absolute atomic E-state index is 0.105. The largest absolute Gasteiger partial charge is 0.461 e. The van der Waals surface area contributed by atoms with Crippen molar-refractivity contribution in [3.63, 3.8) is 0 Å². The molecule has 0 spiro atoms. The lowest BCUT2D eigenvalue weighted by Gasteiger charge is -2.17. The van der Waals surface area contributed by atoms with E-state index in [1.54, 1.807) is 18.2 Å². The van der Waals surface area contributed by atoms with E-state index in [4.69, 9.17) is 4.42 Å². The number of ketones is 2. The zero-order valence-corrected chi connectivity index (χ0v) is 9.81. The topological polar surface area (TPSA) is 47.3 Å². The second-order valence-corrected chi connectivity index (χ2v) is 4.47. The number of carbonyl (C=O) groups excluding carboxylic acids is 2. The summed E-state index contributed by atoms with van der Waals surface area (Å²) in [6.07, 6.45) is 3.10. The van der Waals surface area contributed by atoms with Crippen molar-refractivity contribution in [3.8, 4) is 0 Å². The maximum Gasteiger partial charge on any atom is 0.228 e. The molecule has 0 unspecified atom stereocenters. The molecule has 0 amide bonds. The molecule has 1 aliphatic carbocycles. The van der Waals surface area contributed by atoms with Crippen LogP contribution in [0.5, 0.6) is 0 Å². The number of hydrogen-bond donors (Lipinski definition) is 0. The number of hydrogen-bond acceptors (Lipinski definition) is 3. The molecule has 0 aliphatic heterocycles. The predicted molar refractivity (Wildman–Crippen MR) is 65.6 cm³/mol. The number of carbonyl (C=O) groups is 2. The van der Waals surface area contributed by atoms with Gasteiger partial charge in [0.1, 0.15) is 5.78 Å². The van der Waals surface area contributed by atoms with Gasteiger partial charge in [0, 0.05) is 18.4 Å². The molecular formula is C15H12O3. The molecule has 0 N–H and O–H groups in total. The zero-order chi connectivity index (χ0) is 12.5. The third kappa shape index (κ3) is 1.78. The van der Waals surface area contributed by atoms with Gasteiger partial charge in [0.2, 0.25) is 5.78 Å². The Labute approximate surface area is 104 Å². The summed E-state index contributed by atoms with van der Waals surface area (Å²) in [6, 6.07) is 8.92. The molecule has 0 saturated carbocycles. The van der Waals surface area contributed by atoms with Crippen molar-refractivity contribution in [2.24, 2.45) is 0 Å². The van der Waals surface area contributed by atoms with Gasteiger partial charge >= 0.3 is 0 Å². The second-order valence-electron chi connectivity index (χ2n) is 4.47. The summed E-state index contributed by atoms with van der Waals surface area (Å²) in [7, 11) is 0. The highest BCUT2D eigenvalue weighted by molar-refractivity contribution is 6.08. The number of benzene rings is 1. The van der Waals surface area contributed by atoms with Gasteiger partial charge < -0.3 is 4.42 Å². The molecule has 1 aromatic carbocycles. The van der Waals surface area contributed by atoms with E-state index in [0.29, 0.717) is 30.6 Å². The van der Waals surface area contributed by atoms with Crippen LogP contribution in [-0.4, -0.2) is 11.6 Å². The minimum Gasteiger partial charge on any atom is -0.461 e. The van der Waals surface area contributed by atoms with Gasteiger partial charge in [-0.25, -0.2) is 0 Å². The summed E-state index contributed by atoms with van der Waals surface area (Å²) < 4.78 is 5.15. The van der Waals surface area contributed by atoms with Gasteiger partial charge in [-0.1, -0.05) is 18.2 Å². The molecule has 0 radical (unpaired) electrons. The van der Waals surface area contributed by atoms with Gasteiger partial charge in [-0.2, -0.15) is 0 Å². The van der Waals surface area contributed by atoms with Crippen LogP contribution in [0.3, 0.4) is 0 Å². The van der Waals surface area contributed by atoms with Crippen LogP contribution in [0.15, 0.2) is 41.0 Å². The average molecular weight is 240 g/mol. The Morgan fingerprint density at radius 1 is 1.11 bits per heavy atom. The molecule has 1 aliphatic rings.